The molecule has 0 aliphatic heterocycles. The van der Waals surface area contributed by atoms with Crippen LogP contribution in [-0.4, -0.2) is 0 Å². The molecule has 0 aliphatic carbocycles. The molecule has 0 aromatic heterocycles. The maximum Gasteiger partial charge on any atom is 0.135 e. The van der Waals surface area contributed by atoms with Gasteiger partial charge in [-0.15, -0.1) is 0 Å². The molecule has 2 aromatic carbocycles. The minimum Gasteiger partial charge on any atom is -0.206 e. The van der Waals surface area contributed by atoms with Gasteiger partial charge in [0, 0.05) is 0 Å². The summed E-state index contributed by atoms with van der Waals surface area (Å²) in [7, 11) is 0. The molecule has 0 amide bonds. The van der Waals surface area contributed by atoms with Crippen LogP contribution in [0.25, 0.3) is 11.1 Å². The quantitative estimate of drug-likeness (QED) is 0.709. The van der Waals surface area contributed by atoms with E-state index >= 15 is 0 Å². The van der Waals surface area contributed by atoms with Gasteiger partial charge in [0.1, 0.15) is 23.3 Å². The number of hydrogen-bond donors (Lipinski definition) is 0. The lowest BCUT2D eigenvalue weighted by Crippen LogP contribution is -1.94. The van der Waals surface area contributed by atoms with Crippen LogP contribution < -0.4 is 0 Å². The van der Waals surface area contributed by atoms with Crippen LogP contribution in [0.1, 0.15) is 5.56 Å². The zero-order chi connectivity index (χ0) is 13.3. The van der Waals surface area contributed by atoms with Crippen molar-refractivity contribution in [2.75, 3.05) is 0 Å². The predicted molar refractivity (Wildman–Crippen MR) is 55.3 cm³/mol. The maximum atomic E-state index is 13.6. The summed E-state index contributed by atoms with van der Waals surface area (Å²) in [5.41, 5.74) is -1.08. The standard InChI is InChI=1S/C13H4F4N/c14-9-3-8(4-10(15)5-9)13-11(16)1-7(6-18)2-12(13)17/h1-4H. The predicted octanol–water partition coefficient (Wildman–Crippen LogP) is 3.58. The van der Waals surface area contributed by atoms with E-state index in [1.54, 1.807) is 12.1 Å². The zero-order valence-electron chi connectivity index (χ0n) is 8.77. The van der Waals surface area contributed by atoms with E-state index in [9.17, 15) is 17.6 Å². The second-order valence-corrected chi connectivity index (χ2v) is 3.49. The number of nitriles is 1. The van der Waals surface area contributed by atoms with Gasteiger partial charge in [-0.1, -0.05) is 0 Å². The molecule has 0 saturated carbocycles. The van der Waals surface area contributed by atoms with E-state index in [4.69, 9.17) is 5.26 Å². The lowest BCUT2D eigenvalue weighted by molar-refractivity contribution is 0.575. The third-order valence-corrected chi connectivity index (χ3v) is 2.26. The van der Waals surface area contributed by atoms with Crippen LogP contribution in [0.15, 0.2) is 24.3 Å². The average molecular weight is 250 g/mol. The molecule has 0 saturated heterocycles. The summed E-state index contributed by atoms with van der Waals surface area (Å²) in [6.45, 7) is 0. The van der Waals surface area contributed by atoms with E-state index in [0.717, 1.165) is 24.3 Å². The molecule has 5 heteroatoms. The molecule has 0 N–H and O–H groups in total. The second-order valence-electron chi connectivity index (χ2n) is 3.49. The Morgan fingerprint density at radius 2 is 1.39 bits per heavy atom. The lowest BCUT2D eigenvalue weighted by Gasteiger charge is -2.06. The smallest absolute Gasteiger partial charge is 0.135 e. The summed E-state index contributed by atoms with van der Waals surface area (Å²) in [5.74, 6) is -4.24. The number of halogens is 4. The first kappa shape index (κ1) is 12.1. The number of nitrogens with zero attached hydrogens (tertiary/aromatic N) is 1. The van der Waals surface area contributed by atoms with Crippen LogP contribution in [0.2, 0.25) is 0 Å². The minimum absolute atomic E-state index is 0.211. The van der Waals surface area contributed by atoms with E-state index in [-0.39, 0.29) is 11.1 Å². The van der Waals surface area contributed by atoms with Crippen molar-refractivity contribution in [3.63, 3.8) is 0 Å². The molecule has 2 aromatic rings. The first-order chi connectivity index (χ1) is 8.51. The van der Waals surface area contributed by atoms with E-state index < -0.39 is 28.8 Å². The first-order valence-corrected chi connectivity index (χ1v) is 4.79. The first-order valence-electron chi connectivity index (χ1n) is 4.79. The van der Waals surface area contributed by atoms with Gasteiger partial charge < -0.3 is 0 Å². The topological polar surface area (TPSA) is 23.8 Å². The molecule has 0 spiro atoms. The summed E-state index contributed by atoms with van der Waals surface area (Å²) < 4.78 is 53.1. The average Bonchev–Trinajstić information content (AvgIpc) is 2.26. The van der Waals surface area contributed by atoms with E-state index in [1.165, 1.54) is 0 Å². The highest BCUT2D eigenvalue weighted by Crippen LogP contribution is 2.28. The minimum atomic E-state index is -1.06. The van der Waals surface area contributed by atoms with Gasteiger partial charge in [-0.25, -0.2) is 17.6 Å². The highest BCUT2D eigenvalue weighted by molar-refractivity contribution is 5.66. The Labute approximate surface area is 99.9 Å². The van der Waals surface area contributed by atoms with Gasteiger partial charge in [-0.05, 0) is 29.8 Å². The van der Waals surface area contributed by atoms with Crippen LogP contribution in [-0.2, 0) is 0 Å². The SMILES string of the molecule is N#Cc1cc(F)c(-c2cc(F)[c]c(F)c2)c(F)c1. The molecule has 0 heterocycles. The van der Waals surface area contributed by atoms with Crippen molar-refractivity contribution in [3.8, 4) is 17.2 Å². The van der Waals surface area contributed by atoms with E-state index in [0.29, 0.717) is 0 Å². The van der Waals surface area contributed by atoms with E-state index in [1.807, 2.05) is 0 Å². The summed E-state index contributed by atoms with van der Waals surface area (Å²) in [6, 6.07) is 6.40. The van der Waals surface area contributed by atoms with Gasteiger partial charge in [0.2, 0.25) is 0 Å². The van der Waals surface area contributed by atoms with Crippen LogP contribution in [0.5, 0.6) is 0 Å². The highest BCUT2D eigenvalue weighted by atomic mass is 19.1. The molecule has 0 atom stereocenters. The number of benzene rings is 2. The van der Waals surface area contributed by atoms with Gasteiger partial charge in [0.05, 0.1) is 23.3 Å². The fraction of sp³-hybridized carbons (Fsp3) is 0. The molecule has 1 radical (unpaired) electrons. The number of rotatable bonds is 1. The largest absolute Gasteiger partial charge is 0.206 e. The molecule has 1 nitrogen and oxygen atoms in total. The molecule has 2 rings (SSSR count). The van der Waals surface area contributed by atoms with Gasteiger partial charge in [-0.2, -0.15) is 5.26 Å². The van der Waals surface area contributed by atoms with Crippen molar-refractivity contribution < 1.29 is 17.6 Å². The van der Waals surface area contributed by atoms with E-state index in [2.05, 4.69) is 0 Å². The van der Waals surface area contributed by atoms with Gasteiger partial charge in [0.15, 0.2) is 0 Å². The molecular weight excluding hydrogens is 246 g/mol. The normalized spacial score (nSPS) is 10.2. The Bertz CT molecular complexity index is 615. The van der Waals surface area contributed by atoms with Crippen molar-refractivity contribution >= 4 is 0 Å². The van der Waals surface area contributed by atoms with Gasteiger partial charge >= 0.3 is 0 Å². The van der Waals surface area contributed by atoms with Crippen LogP contribution >= 0.6 is 0 Å². The van der Waals surface area contributed by atoms with Crippen LogP contribution in [0.4, 0.5) is 17.6 Å². The molecule has 0 aliphatic rings. The monoisotopic (exact) mass is 250 g/mol. The fourth-order valence-electron chi connectivity index (χ4n) is 1.56. The Balaban J connectivity index is 2.68. The van der Waals surface area contributed by atoms with Crippen molar-refractivity contribution in [2.45, 2.75) is 0 Å². The van der Waals surface area contributed by atoms with Crippen molar-refractivity contribution in [1.29, 1.82) is 5.26 Å². The molecular formula is C13H4F4N. The number of hydrogen-bond acceptors (Lipinski definition) is 1. The second kappa shape index (κ2) is 4.49. The summed E-state index contributed by atoms with van der Waals surface area (Å²) in [6.07, 6.45) is 0. The van der Waals surface area contributed by atoms with Crippen molar-refractivity contribution in [3.05, 3.63) is 59.2 Å². The van der Waals surface area contributed by atoms with Crippen molar-refractivity contribution in [1.82, 2.24) is 0 Å². The zero-order valence-corrected chi connectivity index (χ0v) is 8.77. The van der Waals surface area contributed by atoms with Crippen LogP contribution in [0, 0.1) is 40.7 Å². The third kappa shape index (κ3) is 2.18. The Morgan fingerprint density at radius 1 is 0.889 bits per heavy atom. The van der Waals surface area contributed by atoms with Gasteiger partial charge in [-0.3, -0.25) is 0 Å². The lowest BCUT2D eigenvalue weighted by atomic mass is 10.0. The molecule has 0 fully saturated rings. The Kier molecular flexibility index (Phi) is 3.02. The van der Waals surface area contributed by atoms with Crippen molar-refractivity contribution in [2.24, 2.45) is 0 Å². The molecule has 0 bridgehead atoms. The maximum absolute atomic E-state index is 13.6. The molecule has 0 unspecified atom stereocenters. The van der Waals surface area contributed by atoms with Crippen LogP contribution in [0.3, 0.4) is 0 Å². The Morgan fingerprint density at radius 3 is 1.83 bits per heavy atom. The molecule has 89 valence electrons. The molecule has 18 heavy (non-hydrogen) atoms. The summed E-state index contributed by atoms with van der Waals surface area (Å²) in [4.78, 5) is 0. The Hall–Kier alpha value is -2.35. The van der Waals surface area contributed by atoms with Gasteiger partial charge in [0.25, 0.3) is 0 Å². The highest BCUT2D eigenvalue weighted by Gasteiger charge is 2.15. The summed E-state index contributed by atoms with van der Waals surface area (Å²) in [5, 5.41) is 8.53. The third-order valence-electron chi connectivity index (χ3n) is 2.26. The summed E-state index contributed by atoms with van der Waals surface area (Å²) >= 11 is 0. The fourth-order valence-corrected chi connectivity index (χ4v) is 1.56.